The molecule has 2 rings (SSSR count). The molecular weight excluding hydrogens is 188 g/mol. The summed E-state index contributed by atoms with van der Waals surface area (Å²) in [7, 11) is 0. The summed E-state index contributed by atoms with van der Waals surface area (Å²) in [6, 6.07) is 7.75. The molecule has 0 aliphatic carbocycles. The highest BCUT2D eigenvalue weighted by molar-refractivity contribution is 5.77. The Bertz CT molecular complexity index is 550. The Morgan fingerprint density at radius 2 is 1.93 bits per heavy atom. The van der Waals surface area contributed by atoms with E-state index in [-0.39, 0.29) is 11.5 Å². The lowest BCUT2D eigenvalue weighted by Crippen LogP contribution is -2.08. The van der Waals surface area contributed by atoms with Crippen LogP contribution in [-0.2, 0) is 0 Å². The van der Waals surface area contributed by atoms with Crippen LogP contribution in [0.5, 0.6) is 0 Å². The molecule has 0 fully saturated rings. The summed E-state index contributed by atoms with van der Waals surface area (Å²) in [5.41, 5.74) is 2.36. The summed E-state index contributed by atoms with van der Waals surface area (Å²) in [5, 5.41) is 0.998. The Morgan fingerprint density at radius 3 is 2.60 bits per heavy atom. The lowest BCUT2D eigenvalue weighted by molar-refractivity contribution is 0.544. The SMILES string of the molecule is Cc1ccc2oc(=O)c(C(C)C)cc2c1. The summed E-state index contributed by atoms with van der Waals surface area (Å²) in [6.45, 7) is 6.02. The van der Waals surface area contributed by atoms with Gasteiger partial charge in [0.25, 0.3) is 0 Å². The number of rotatable bonds is 1. The van der Waals surface area contributed by atoms with Crippen LogP contribution >= 0.6 is 0 Å². The summed E-state index contributed by atoms with van der Waals surface area (Å²) < 4.78 is 5.25. The van der Waals surface area contributed by atoms with Crippen LogP contribution in [0.25, 0.3) is 11.0 Å². The van der Waals surface area contributed by atoms with Crippen LogP contribution in [0.4, 0.5) is 0 Å². The first-order chi connectivity index (χ1) is 7.08. The van der Waals surface area contributed by atoms with Crippen molar-refractivity contribution in [3.05, 3.63) is 45.8 Å². The zero-order valence-electron chi connectivity index (χ0n) is 9.20. The van der Waals surface area contributed by atoms with Gasteiger partial charge in [0.05, 0.1) is 0 Å². The van der Waals surface area contributed by atoms with Gasteiger partial charge < -0.3 is 4.42 Å². The third-order valence-corrected chi connectivity index (χ3v) is 2.54. The molecule has 0 amide bonds. The van der Waals surface area contributed by atoms with E-state index in [4.69, 9.17) is 4.42 Å². The summed E-state index contributed by atoms with van der Waals surface area (Å²) >= 11 is 0. The smallest absolute Gasteiger partial charge is 0.339 e. The van der Waals surface area contributed by atoms with Gasteiger partial charge in [-0.3, -0.25) is 0 Å². The quantitative estimate of drug-likeness (QED) is 0.664. The van der Waals surface area contributed by atoms with Crippen molar-refractivity contribution in [2.75, 3.05) is 0 Å². The molecule has 1 aromatic heterocycles. The molecule has 0 atom stereocenters. The van der Waals surface area contributed by atoms with E-state index in [1.165, 1.54) is 5.56 Å². The zero-order chi connectivity index (χ0) is 11.0. The van der Waals surface area contributed by atoms with Crippen molar-refractivity contribution in [2.45, 2.75) is 26.7 Å². The monoisotopic (exact) mass is 202 g/mol. The second-order valence-electron chi connectivity index (χ2n) is 4.19. The van der Waals surface area contributed by atoms with Crippen LogP contribution in [0.1, 0.15) is 30.9 Å². The minimum Gasteiger partial charge on any atom is -0.423 e. The van der Waals surface area contributed by atoms with Gasteiger partial charge in [0.2, 0.25) is 0 Å². The maximum atomic E-state index is 11.6. The van der Waals surface area contributed by atoms with Gasteiger partial charge in [-0.1, -0.05) is 25.5 Å². The Morgan fingerprint density at radius 1 is 1.20 bits per heavy atom. The first-order valence-electron chi connectivity index (χ1n) is 5.12. The first kappa shape index (κ1) is 9.97. The van der Waals surface area contributed by atoms with E-state index in [0.29, 0.717) is 5.58 Å². The fraction of sp³-hybridized carbons (Fsp3) is 0.308. The van der Waals surface area contributed by atoms with E-state index >= 15 is 0 Å². The maximum absolute atomic E-state index is 11.6. The van der Waals surface area contributed by atoms with Gasteiger partial charge in [-0.05, 0) is 31.0 Å². The van der Waals surface area contributed by atoms with E-state index < -0.39 is 0 Å². The number of hydrogen-bond acceptors (Lipinski definition) is 2. The number of hydrogen-bond donors (Lipinski definition) is 0. The van der Waals surface area contributed by atoms with Crippen LogP contribution < -0.4 is 5.63 Å². The Hall–Kier alpha value is -1.57. The van der Waals surface area contributed by atoms with Gasteiger partial charge in [0.1, 0.15) is 5.58 Å². The molecule has 0 unspecified atom stereocenters. The van der Waals surface area contributed by atoms with Crippen LogP contribution in [0.3, 0.4) is 0 Å². The van der Waals surface area contributed by atoms with Crippen molar-refractivity contribution in [2.24, 2.45) is 0 Å². The van der Waals surface area contributed by atoms with Crippen molar-refractivity contribution in [3.63, 3.8) is 0 Å². The van der Waals surface area contributed by atoms with Crippen molar-refractivity contribution in [1.29, 1.82) is 0 Å². The molecule has 78 valence electrons. The molecule has 15 heavy (non-hydrogen) atoms. The third kappa shape index (κ3) is 1.80. The molecule has 2 nitrogen and oxygen atoms in total. The predicted molar refractivity (Wildman–Crippen MR) is 61.3 cm³/mol. The second-order valence-corrected chi connectivity index (χ2v) is 4.19. The minimum atomic E-state index is -0.221. The van der Waals surface area contributed by atoms with Gasteiger partial charge >= 0.3 is 5.63 Å². The fourth-order valence-corrected chi connectivity index (χ4v) is 1.66. The molecule has 0 radical (unpaired) electrons. The summed E-state index contributed by atoms with van der Waals surface area (Å²) in [4.78, 5) is 11.6. The first-order valence-corrected chi connectivity index (χ1v) is 5.12. The minimum absolute atomic E-state index is 0.200. The maximum Gasteiger partial charge on any atom is 0.339 e. The van der Waals surface area contributed by atoms with E-state index in [0.717, 1.165) is 10.9 Å². The third-order valence-electron chi connectivity index (χ3n) is 2.54. The highest BCUT2D eigenvalue weighted by Gasteiger charge is 2.08. The van der Waals surface area contributed by atoms with Crippen molar-refractivity contribution in [3.8, 4) is 0 Å². The van der Waals surface area contributed by atoms with Gasteiger partial charge in [-0.15, -0.1) is 0 Å². The van der Waals surface area contributed by atoms with Crippen LogP contribution in [0.15, 0.2) is 33.5 Å². The Balaban J connectivity index is 2.77. The molecule has 0 aliphatic rings. The van der Waals surface area contributed by atoms with Gasteiger partial charge in [-0.2, -0.15) is 0 Å². The molecule has 2 aromatic rings. The largest absolute Gasteiger partial charge is 0.423 e. The molecule has 0 saturated heterocycles. The molecule has 0 spiro atoms. The van der Waals surface area contributed by atoms with Crippen molar-refractivity contribution >= 4 is 11.0 Å². The molecular formula is C13H14O2. The highest BCUT2D eigenvalue weighted by Crippen LogP contribution is 2.18. The van der Waals surface area contributed by atoms with Crippen molar-refractivity contribution in [1.82, 2.24) is 0 Å². The number of aryl methyl sites for hydroxylation is 1. The predicted octanol–water partition coefficient (Wildman–Crippen LogP) is 3.22. The molecule has 0 N–H and O–H groups in total. The number of benzene rings is 1. The molecule has 0 aliphatic heterocycles. The van der Waals surface area contributed by atoms with E-state index in [1.54, 1.807) is 0 Å². The molecule has 1 heterocycles. The standard InChI is InChI=1S/C13H14O2/c1-8(2)11-7-10-6-9(3)4-5-12(10)15-13(11)14/h4-8H,1-3H3. The molecule has 0 saturated carbocycles. The van der Waals surface area contributed by atoms with Crippen LogP contribution in [-0.4, -0.2) is 0 Å². The normalized spacial score (nSPS) is 11.2. The van der Waals surface area contributed by atoms with Gasteiger partial charge in [-0.25, -0.2) is 4.79 Å². The second kappa shape index (κ2) is 3.54. The Kier molecular flexibility index (Phi) is 2.35. The Labute approximate surface area is 88.5 Å². The van der Waals surface area contributed by atoms with E-state index in [2.05, 4.69) is 0 Å². The average Bonchev–Trinajstić information content (AvgIpc) is 2.17. The molecule has 0 bridgehead atoms. The summed E-state index contributed by atoms with van der Waals surface area (Å²) in [6.07, 6.45) is 0. The molecule has 1 aromatic carbocycles. The van der Waals surface area contributed by atoms with Crippen LogP contribution in [0.2, 0.25) is 0 Å². The molecule has 2 heteroatoms. The number of fused-ring (bicyclic) bond motifs is 1. The topological polar surface area (TPSA) is 30.2 Å². The zero-order valence-corrected chi connectivity index (χ0v) is 9.20. The highest BCUT2D eigenvalue weighted by atomic mass is 16.4. The lowest BCUT2D eigenvalue weighted by atomic mass is 10.0. The summed E-state index contributed by atoms with van der Waals surface area (Å²) in [5.74, 6) is 0.200. The fourth-order valence-electron chi connectivity index (χ4n) is 1.66. The van der Waals surface area contributed by atoms with Gasteiger partial charge in [0, 0.05) is 10.9 Å². The average molecular weight is 202 g/mol. The van der Waals surface area contributed by atoms with Crippen LogP contribution in [0, 0.1) is 6.92 Å². The van der Waals surface area contributed by atoms with Crippen molar-refractivity contribution < 1.29 is 4.42 Å². The van der Waals surface area contributed by atoms with E-state index in [9.17, 15) is 4.79 Å². The lowest BCUT2D eigenvalue weighted by Gasteiger charge is -2.05. The van der Waals surface area contributed by atoms with Gasteiger partial charge in [0.15, 0.2) is 0 Å². The van der Waals surface area contributed by atoms with E-state index in [1.807, 2.05) is 45.0 Å².